The summed E-state index contributed by atoms with van der Waals surface area (Å²) in [6.45, 7) is 9.49. The van der Waals surface area contributed by atoms with Crippen molar-refractivity contribution in [2.75, 3.05) is 30.8 Å². The molecule has 6 heteroatoms. The highest BCUT2D eigenvalue weighted by Gasteiger charge is 2.17. The Kier molecular flexibility index (Phi) is 6.91. The van der Waals surface area contributed by atoms with Crippen molar-refractivity contribution in [1.82, 2.24) is 14.9 Å². The first-order valence-corrected chi connectivity index (χ1v) is 7.65. The van der Waals surface area contributed by atoms with E-state index in [1.54, 1.807) is 11.9 Å². The molecule has 0 radical (unpaired) electrons. The first kappa shape index (κ1) is 17.2. The van der Waals surface area contributed by atoms with Gasteiger partial charge in [-0.05, 0) is 20.3 Å². The molecule has 0 aliphatic heterocycles. The van der Waals surface area contributed by atoms with Crippen molar-refractivity contribution in [3.05, 3.63) is 11.9 Å². The van der Waals surface area contributed by atoms with Gasteiger partial charge in [0, 0.05) is 32.6 Å². The molecule has 21 heavy (non-hydrogen) atoms. The molecule has 0 saturated heterocycles. The zero-order valence-electron chi connectivity index (χ0n) is 13.7. The molecule has 1 heterocycles. The number of carbonyl (C=O) groups is 1. The lowest BCUT2D eigenvalue weighted by Gasteiger charge is -2.21. The second kappa shape index (κ2) is 8.44. The summed E-state index contributed by atoms with van der Waals surface area (Å²) in [5.74, 6) is 2.31. The van der Waals surface area contributed by atoms with Gasteiger partial charge in [-0.25, -0.2) is 9.97 Å². The van der Waals surface area contributed by atoms with Crippen LogP contribution in [0.5, 0.6) is 0 Å². The quantitative estimate of drug-likeness (QED) is 0.768. The van der Waals surface area contributed by atoms with Crippen LogP contribution in [0.15, 0.2) is 6.07 Å². The van der Waals surface area contributed by atoms with E-state index in [9.17, 15) is 4.79 Å². The highest BCUT2D eigenvalue weighted by Crippen LogP contribution is 2.13. The van der Waals surface area contributed by atoms with Crippen LogP contribution < -0.4 is 10.6 Å². The van der Waals surface area contributed by atoms with Gasteiger partial charge in [0.05, 0.1) is 0 Å². The number of nitrogens with zero attached hydrogens (tertiary/aromatic N) is 3. The Labute approximate surface area is 127 Å². The molecule has 1 unspecified atom stereocenters. The Morgan fingerprint density at radius 3 is 2.52 bits per heavy atom. The maximum absolute atomic E-state index is 12.1. The summed E-state index contributed by atoms with van der Waals surface area (Å²) in [6, 6.07) is 1.54. The molecule has 0 spiro atoms. The lowest BCUT2D eigenvalue weighted by Crippen LogP contribution is -2.39. The number of rotatable bonds is 8. The number of hydrogen-bond donors (Lipinski definition) is 2. The molecular formula is C15H27N5O. The lowest BCUT2D eigenvalue weighted by atomic mass is 10.3. The standard InChI is InChI=1S/C15H27N5O/c1-6-9-16-13-10-14(19-12(7-2)18-13)17-11(4)15(21)20(5)8-3/h10-11H,6-9H2,1-5H3,(H2,16,17,18,19). The molecule has 6 nitrogen and oxygen atoms in total. The highest BCUT2D eigenvalue weighted by molar-refractivity contribution is 5.83. The van der Waals surface area contributed by atoms with E-state index in [0.717, 1.165) is 31.0 Å². The van der Waals surface area contributed by atoms with E-state index < -0.39 is 0 Å². The van der Waals surface area contributed by atoms with Crippen LogP contribution >= 0.6 is 0 Å². The fourth-order valence-corrected chi connectivity index (χ4v) is 1.84. The Morgan fingerprint density at radius 2 is 1.95 bits per heavy atom. The zero-order chi connectivity index (χ0) is 15.8. The summed E-state index contributed by atoms with van der Waals surface area (Å²) < 4.78 is 0. The van der Waals surface area contributed by atoms with Gasteiger partial charge in [-0.3, -0.25) is 4.79 Å². The third kappa shape index (κ3) is 5.21. The third-order valence-electron chi connectivity index (χ3n) is 3.23. The predicted octanol–water partition coefficient (Wildman–Crippen LogP) is 2.14. The molecule has 1 aromatic heterocycles. The largest absolute Gasteiger partial charge is 0.370 e. The molecule has 1 atom stereocenters. The Balaban J connectivity index is 2.83. The van der Waals surface area contributed by atoms with Crippen molar-refractivity contribution < 1.29 is 4.79 Å². The van der Waals surface area contributed by atoms with Gasteiger partial charge >= 0.3 is 0 Å². The maximum Gasteiger partial charge on any atom is 0.244 e. The first-order chi connectivity index (χ1) is 10.0. The van der Waals surface area contributed by atoms with Crippen molar-refractivity contribution in [2.45, 2.75) is 46.6 Å². The average molecular weight is 293 g/mol. The second-order valence-corrected chi connectivity index (χ2v) is 5.05. The minimum atomic E-state index is -0.311. The summed E-state index contributed by atoms with van der Waals surface area (Å²) in [5.41, 5.74) is 0. The van der Waals surface area contributed by atoms with Crippen LogP contribution in [0.3, 0.4) is 0 Å². The molecular weight excluding hydrogens is 266 g/mol. The second-order valence-electron chi connectivity index (χ2n) is 5.05. The molecule has 0 aliphatic carbocycles. The normalized spacial score (nSPS) is 11.9. The Bertz CT molecular complexity index is 463. The van der Waals surface area contributed by atoms with Crippen molar-refractivity contribution in [2.24, 2.45) is 0 Å². The minimum Gasteiger partial charge on any atom is -0.370 e. The van der Waals surface area contributed by atoms with Gasteiger partial charge in [0.25, 0.3) is 0 Å². The summed E-state index contributed by atoms with van der Waals surface area (Å²) in [7, 11) is 1.80. The molecule has 0 saturated carbocycles. The van der Waals surface area contributed by atoms with E-state index in [1.807, 2.05) is 26.8 Å². The Hall–Kier alpha value is -1.85. The van der Waals surface area contributed by atoms with Crippen LogP contribution in [0.25, 0.3) is 0 Å². The van der Waals surface area contributed by atoms with Gasteiger partial charge in [0.1, 0.15) is 23.5 Å². The van der Waals surface area contributed by atoms with Crippen molar-refractivity contribution in [3.8, 4) is 0 Å². The number of hydrogen-bond acceptors (Lipinski definition) is 5. The molecule has 0 bridgehead atoms. The average Bonchev–Trinajstić information content (AvgIpc) is 2.50. The molecule has 0 aliphatic rings. The first-order valence-electron chi connectivity index (χ1n) is 7.65. The monoisotopic (exact) mass is 293 g/mol. The van der Waals surface area contributed by atoms with Crippen molar-refractivity contribution in [3.63, 3.8) is 0 Å². The molecule has 1 rings (SSSR count). The van der Waals surface area contributed by atoms with Gasteiger partial charge in [-0.15, -0.1) is 0 Å². The fourth-order valence-electron chi connectivity index (χ4n) is 1.84. The van der Waals surface area contributed by atoms with Gasteiger partial charge in [0.15, 0.2) is 0 Å². The molecule has 1 aromatic rings. The maximum atomic E-state index is 12.1. The summed E-state index contributed by atoms with van der Waals surface area (Å²) in [5, 5.41) is 6.43. The predicted molar refractivity (Wildman–Crippen MR) is 86.6 cm³/mol. The molecule has 1 amide bonds. The molecule has 0 aromatic carbocycles. The van der Waals surface area contributed by atoms with Gasteiger partial charge < -0.3 is 15.5 Å². The van der Waals surface area contributed by atoms with Crippen LogP contribution in [0.2, 0.25) is 0 Å². The topological polar surface area (TPSA) is 70.2 Å². The summed E-state index contributed by atoms with van der Waals surface area (Å²) in [6.07, 6.45) is 1.79. The van der Waals surface area contributed by atoms with Crippen molar-refractivity contribution >= 4 is 17.5 Å². The zero-order valence-corrected chi connectivity index (χ0v) is 13.7. The van der Waals surface area contributed by atoms with Crippen LogP contribution in [0, 0.1) is 0 Å². The number of aryl methyl sites for hydroxylation is 1. The van der Waals surface area contributed by atoms with E-state index in [-0.39, 0.29) is 11.9 Å². The van der Waals surface area contributed by atoms with E-state index in [1.165, 1.54) is 0 Å². The number of amides is 1. The van der Waals surface area contributed by atoms with E-state index in [4.69, 9.17) is 0 Å². The van der Waals surface area contributed by atoms with Crippen molar-refractivity contribution in [1.29, 1.82) is 0 Å². The highest BCUT2D eigenvalue weighted by atomic mass is 16.2. The molecule has 0 fully saturated rings. The van der Waals surface area contributed by atoms with Crippen LogP contribution in [0.1, 0.15) is 39.9 Å². The minimum absolute atomic E-state index is 0.0530. The Morgan fingerprint density at radius 1 is 1.29 bits per heavy atom. The van der Waals surface area contributed by atoms with E-state index in [0.29, 0.717) is 12.4 Å². The SMILES string of the molecule is CCCNc1cc(NC(C)C(=O)N(C)CC)nc(CC)n1. The van der Waals surface area contributed by atoms with Gasteiger partial charge in [-0.1, -0.05) is 13.8 Å². The van der Waals surface area contributed by atoms with Crippen LogP contribution in [-0.4, -0.2) is 47.0 Å². The lowest BCUT2D eigenvalue weighted by molar-refractivity contribution is -0.130. The molecule has 118 valence electrons. The van der Waals surface area contributed by atoms with Crippen LogP contribution in [0.4, 0.5) is 11.6 Å². The molecule has 2 N–H and O–H groups in total. The van der Waals surface area contributed by atoms with Gasteiger partial charge in [-0.2, -0.15) is 0 Å². The number of likely N-dealkylation sites (N-methyl/N-ethyl adjacent to an activating group) is 1. The smallest absolute Gasteiger partial charge is 0.244 e. The van der Waals surface area contributed by atoms with E-state index >= 15 is 0 Å². The number of aromatic nitrogens is 2. The third-order valence-corrected chi connectivity index (χ3v) is 3.23. The fraction of sp³-hybridized carbons (Fsp3) is 0.667. The number of anilines is 2. The summed E-state index contributed by atoms with van der Waals surface area (Å²) >= 11 is 0. The number of nitrogens with one attached hydrogen (secondary N) is 2. The summed E-state index contributed by atoms with van der Waals surface area (Å²) in [4.78, 5) is 22.7. The van der Waals surface area contributed by atoms with E-state index in [2.05, 4.69) is 27.5 Å². The van der Waals surface area contributed by atoms with Crippen LogP contribution in [-0.2, 0) is 11.2 Å². The van der Waals surface area contributed by atoms with Gasteiger partial charge in [0.2, 0.25) is 5.91 Å². The number of carbonyl (C=O) groups excluding carboxylic acids is 1.